The lowest BCUT2D eigenvalue weighted by Gasteiger charge is -2.26. The Hall–Kier alpha value is -3.92. The lowest BCUT2D eigenvalue weighted by atomic mass is 10.0. The third-order valence-corrected chi connectivity index (χ3v) is 4.67. The summed E-state index contributed by atoms with van der Waals surface area (Å²) in [6.07, 6.45) is 0. The number of rotatable bonds is 4. The Bertz CT molecular complexity index is 1010. The maximum Gasteiger partial charge on any atom is 0.0463 e. The molecule has 4 aromatic rings. The molecule has 0 aliphatic carbocycles. The zero-order chi connectivity index (χ0) is 19.5. The summed E-state index contributed by atoms with van der Waals surface area (Å²) in [5, 5.41) is 0. The largest absolute Gasteiger partial charge is 0.399 e. The van der Waals surface area contributed by atoms with Gasteiger partial charge in [-0.05, 0) is 83.9 Å². The van der Waals surface area contributed by atoms with Gasteiger partial charge >= 0.3 is 0 Å². The van der Waals surface area contributed by atoms with Crippen molar-refractivity contribution in [3.63, 3.8) is 0 Å². The summed E-state index contributed by atoms with van der Waals surface area (Å²) >= 11 is 0. The molecule has 138 valence electrons. The Morgan fingerprint density at radius 2 is 0.607 bits per heavy atom. The number of nitrogens with zero attached hydrogens (tertiary/aromatic N) is 1. The van der Waals surface area contributed by atoms with Crippen molar-refractivity contribution in [3.8, 4) is 11.1 Å². The minimum atomic E-state index is 0.736. The molecule has 0 spiro atoms. The number of hydrogen-bond donors (Lipinski definition) is 3. The first-order valence-corrected chi connectivity index (χ1v) is 9.07. The van der Waals surface area contributed by atoms with Gasteiger partial charge in [0.15, 0.2) is 0 Å². The van der Waals surface area contributed by atoms with Gasteiger partial charge in [-0.25, -0.2) is 0 Å². The molecule has 4 nitrogen and oxygen atoms in total. The third-order valence-electron chi connectivity index (χ3n) is 4.67. The Morgan fingerprint density at radius 3 is 0.964 bits per heavy atom. The van der Waals surface area contributed by atoms with Crippen LogP contribution < -0.4 is 22.1 Å². The molecule has 0 radical (unpaired) electrons. The van der Waals surface area contributed by atoms with Crippen molar-refractivity contribution in [2.24, 2.45) is 0 Å². The van der Waals surface area contributed by atoms with Gasteiger partial charge in [-0.2, -0.15) is 0 Å². The molecule has 28 heavy (non-hydrogen) atoms. The minimum absolute atomic E-state index is 0.736. The molecule has 0 saturated heterocycles. The van der Waals surface area contributed by atoms with E-state index in [1.165, 1.54) is 0 Å². The average molecular weight is 366 g/mol. The van der Waals surface area contributed by atoms with E-state index in [0.29, 0.717) is 0 Å². The number of anilines is 6. The Labute approximate surface area is 164 Å². The highest BCUT2D eigenvalue weighted by Crippen LogP contribution is 2.36. The summed E-state index contributed by atoms with van der Waals surface area (Å²) < 4.78 is 0. The molecule has 0 atom stereocenters. The summed E-state index contributed by atoms with van der Waals surface area (Å²) in [6, 6.07) is 32.0. The second-order valence-corrected chi connectivity index (χ2v) is 6.69. The standard InChI is InChI=1S/C24H22N4/c25-19-5-1-17(2-6-19)18-3-11-22(12-4-18)28(23-13-7-20(26)8-14-23)24-15-9-21(27)10-16-24/h1-16H,25-27H2. The minimum Gasteiger partial charge on any atom is -0.399 e. The van der Waals surface area contributed by atoms with Crippen LogP contribution in [0.15, 0.2) is 97.1 Å². The number of benzene rings is 4. The van der Waals surface area contributed by atoms with Crippen LogP contribution in [0.3, 0.4) is 0 Å². The van der Waals surface area contributed by atoms with Crippen LogP contribution in [-0.2, 0) is 0 Å². The molecule has 0 bridgehead atoms. The van der Waals surface area contributed by atoms with Crippen LogP contribution in [0.1, 0.15) is 0 Å². The van der Waals surface area contributed by atoms with E-state index in [2.05, 4.69) is 29.2 Å². The van der Waals surface area contributed by atoms with Crippen LogP contribution >= 0.6 is 0 Å². The molecule has 0 amide bonds. The Balaban J connectivity index is 1.74. The van der Waals surface area contributed by atoms with Crippen LogP contribution in [0.5, 0.6) is 0 Å². The lowest BCUT2D eigenvalue weighted by Crippen LogP contribution is -2.10. The predicted molar refractivity (Wildman–Crippen MR) is 120 cm³/mol. The molecule has 0 fully saturated rings. The Morgan fingerprint density at radius 1 is 0.357 bits per heavy atom. The van der Waals surface area contributed by atoms with Crippen LogP contribution in [-0.4, -0.2) is 0 Å². The van der Waals surface area contributed by atoms with Crippen molar-refractivity contribution >= 4 is 34.1 Å². The maximum absolute atomic E-state index is 5.87. The quantitative estimate of drug-likeness (QED) is 0.412. The smallest absolute Gasteiger partial charge is 0.0463 e. The predicted octanol–water partition coefficient (Wildman–Crippen LogP) is 5.57. The summed E-state index contributed by atoms with van der Waals surface area (Å²) in [7, 11) is 0. The van der Waals surface area contributed by atoms with Gasteiger partial charge in [-0.15, -0.1) is 0 Å². The number of hydrogen-bond acceptors (Lipinski definition) is 4. The fourth-order valence-electron chi connectivity index (χ4n) is 3.17. The average Bonchev–Trinajstić information content (AvgIpc) is 2.72. The van der Waals surface area contributed by atoms with Crippen molar-refractivity contribution < 1.29 is 0 Å². The molecule has 6 N–H and O–H groups in total. The van der Waals surface area contributed by atoms with Crippen LogP contribution in [0, 0.1) is 0 Å². The first-order chi connectivity index (χ1) is 13.6. The molecule has 4 rings (SSSR count). The second-order valence-electron chi connectivity index (χ2n) is 6.69. The van der Waals surface area contributed by atoms with Crippen molar-refractivity contribution in [1.29, 1.82) is 0 Å². The van der Waals surface area contributed by atoms with E-state index < -0.39 is 0 Å². The molecule has 0 unspecified atom stereocenters. The van der Waals surface area contributed by atoms with Gasteiger partial charge in [-0.1, -0.05) is 24.3 Å². The number of nitrogen functional groups attached to an aromatic ring is 3. The summed E-state index contributed by atoms with van der Waals surface area (Å²) in [5.74, 6) is 0. The van der Waals surface area contributed by atoms with E-state index >= 15 is 0 Å². The highest BCUT2D eigenvalue weighted by molar-refractivity contribution is 5.79. The zero-order valence-electron chi connectivity index (χ0n) is 15.4. The SMILES string of the molecule is Nc1ccc(-c2ccc(N(c3ccc(N)cc3)c3ccc(N)cc3)cc2)cc1. The highest BCUT2D eigenvalue weighted by atomic mass is 15.1. The van der Waals surface area contributed by atoms with E-state index in [1.54, 1.807) is 0 Å². The number of nitrogens with two attached hydrogens (primary N) is 3. The molecule has 0 aliphatic heterocycles. The van der Waals surface area contributed by atoms with Gasteiger partial charge in [0.05, 0.1) is 0 Å². The monoisotopic (exact) mass is 366 g/mol. The highest BCUT2D eigenvalue weighted by Gasteiger charge is 2.12. The van der Waals surface area contributed by atoms with Gasteiger partial charge in [0.1, 0.15) is 0 Å². The second kappa shape index (κ2) is 7.37. The Kier molecular flexibility index (Phi) is 4.60. The molecule has 0 saturated carbocycles. The van der Waals surface area contributed by atoms with Crippen molar-refractivity contribution in [1.82, 2.24) is 0 Å². The zero-order valence-corrected chi connectivity index (χ0v) is 15.4. The van der Waals surface area contributed by atoms with E-state index in [0.717, 1.165) is 45.3 Å². The fraction of sp³-hybridized carbons (Fsp3) is 0. The summed E-state index contributed by atoms with van der Waals surface area (Å²) in [4.78, 5) is 2.17. The van der Waals surface area contributed by atoms with Crippen molar-refractivity contribution in [2.75, 3.05) is 22.1 Å². The van der Waals surface area contributed by atoms with E-state index in [4.69, 9.17) is 17.2 Å². The fourth-order valence-corrected chi connectivity index (χ4v) is 3.17. The molecule has 0 heterocycles. The van der Waals surface area contributed by atoms with E-state index in [9.17, 15) is 0 Å². The normalized spacial score (nSPS) is 10.6. The molecule has 0 aliphatic rings. The first-order valence-electron chi connectivity index (χ1n) is 9.07. The third kappa shape index (κ3) is 3.62. The molecular formula is C24H22N4. The topological polar surface area (TPSA) is 81.3 Å². The van der Waals surface area contributed by atoms with E-state index in [-0.39, 0.29) is 0 Å². The van der Waals surface area contributed by atoms with Gasteiger partial charge in [-0.3, -0.25) is 0 Å². The van der Waals surface area contributed by atoms with Crippen LogP contribution in [0.4, 0.5) is 34.1 Å². The molecule has 4 heteroatoms. The van der Waals surface area contributed by atoms with Crippen molar-refractivity contribution in [2.45, 2.75) is 0 Å². The molecule has 0 aromatic heterocycles. The van der Waals surface area contributed by atoms with Crippen molar-refractivity contribution in [3.05, 3.63) is 97.1 Å². The van der Waals surface area contributed by atoms with Gasteiger partial charge in [0.25, 0.3) is 0 Å². The first kappa shape index (κ1) is 17.5. The van der Waals surface area contributed by atoms with Gasteiger partial charge in [0, 0.05) is 34.1 Å². The van der Waals surface area contributed by atoms with Crippen LogP contribution in [0.2, 0.25) is 0 Å². The van der Waals surface area contributed by atoms with E-state index in [1.807, 2.05) is 72.8 Å². The summed E-state index contributed by atoms with van der Waals surface area (Å²) in [5.41, 5.74) is 25.2. The summed E-state index contributed by atoms with van der Waals surface area (Å²) in [6.45, 7) is 0. The van der Waals surface area contributed by atoms with Crippen LogP contribution in [0.25, 0.3) is 11.1 Å². The van der Waals surface area contributed by atoms with Gasteiger partial charge in [0.2, 0.25) is 0 Å². The van der Waals surface area contributed by atoms with Gasteiger partial charge < -0.3 is 22.1 Å². The molecule has 4 aromatic carbocycles. The maximum atomic E-state index is 5.87. The molecular weight excluding hydrogens is 344 g/mol. The lowest BCUT2D eigenvalue weighted by molar-refractivity contribution is 1.28.